The quantitative estimate of drug-likeness (QED) is 0.0352. The van der Waals surface area contributed by atoms with Crippen molar-refractivity contribution in [1.82, 2.24) is 0 Å². The molecule has 0 fully saturated rings. The van der Waals surface area contributed by atoms with Crippen LogP contribution in [0.4, 0.5) is 0 Å². The minimum atomic E-state index is -0.760. The molecular weight excluding hydrogens is 661 g/mol. The number of carbonyl (C=O) groups is 3. The molecule has 314 valence electrons. The highest BCUT2D eigenvalue weighted by atomic mass is 16.6. The van der Waals surface area contributed by atoms with Crippen molar-refractivity contribution in [2.75, 3.05) is 13.2 Å². The Morgan fingerprint density at radius 3 is 0.981 bits per heavy atom. The van der Waals surface area contributed by atoms with E-state index in [2.05, 4.69) is 34.6 Å². The van der Waals surface area contributed by atoms with Gasteiger partial charge in [0.15, 0.2) is 6.10 Å². The average molecular weight is 751 g/mol. The third kappa shape index (κ3) is 38.5. The van der Waals surface area contributed by atoms with Gasteiger partial charge in [-0.3, -0.25) is 14.4 Å². The van der Waals surface area contributed by atoms with Crippen LogP contribution in [0.15, 0.2) is 0 Å². The van der Waals surface area contributed by atoms with Gasteiger partial charge in [-0.15, -0.1) is 0 Å². The van der Waals surface area contributed by atoms with Crippen molar-refractivity contribution in [3.05, 3.63) is 0 Å². The first-order chi connectivity index (χ1) is 25.8. The molecule has 53 heavy (non-hydrogen) atoms. The highest BCUT2D eigenvalue weighted by molar-refractivity contribution is 5.71. The van der Waals surface area contributed by atoms with Crippen molar-refractivity contribution < 1.29 is 28.6 Å². The maximum Gasteiger partial charge on any atom is 0.306 e. The number of esters is 3. The number of hydrogen-bond donors (Lipinski definition) is 0. The maximum atomic E-state index is 12.7. The summed E-state index contributed by atoms with van der Waals surface area (Å²) in [5.74, 6) is 0.856. The molecule has 0 saturated heterocycles. The summed E-state index contributed by atoms with van der Waals surface area (Å²) in [4.78, 5) is 37.7. The summed E-state index contributed by atoms with van der Waals surface area (Å²) in [7, 11) is 0. The lowest BCUT2D eigenvalue weighted by atomic mass is 9.99. The van der Waals surface area contributed by atoms with Crippen LogP contribution in [-0.2, 0) is 28.6 Å². The first kappa shape index (κ1) is 51.4. The molecule has 0 saturated carbocycles. The smallest absolute Gasteiger partial charge is 0.306 e. The lowest BCUT2D eigenvalue weighted by molar-refractivity contribution is -0.167. The Bertz CT molecular complexity index is 813. The minimum Gasteiger partial charge on any atom is -0.462 e. The van der Waals surface area contributed by atoms with E-state index in [0.717, 1.165) is 69.6 Å². The van der Waals surface area contributed by atoms with E-state index in [0.29, 0.717) is 19.3 Å². The topological polar surface area (TPSA) is 78.9 Å². The van der Waals surface area contributed by atoms with Gasteiger partial charge < -0.3 is 14.2 Å². The van der Waals surface area contributed by atoms with E-state index in [9.17, 15) is 14.4 Å². The molecule has 0 aromatic rings. The van der Waals surface area contributed by atoms with Crippen LogP contribution in [0.3, 0.4) is 0 Å². The number of rotatable bonds is 41. The second kappa shape index (κ2) is 40.1. The average Bonchev–Trinajstić information content (AvgIpc) is 3.15. The molecule has 6 nitrogen and oxygen atoms in total. The predicted octanol–water partition coefficient (Wildman–Crippen LogP) is 14.6. The fourth-order valence-corrected chi connectivity index (χ4v) is 6.86. The van der Waals surface area contributed by atoms with Crippen LogP contribution in [-0.4, -0.2) is 37.2 Å². The van der Waals surface area contributed by atoms with Gasteiger partial charge in [-0.1, -0.05) is 214 Å². The van der Waals surface area contributed by atoms with E-state index in [1.807, 2.05) is 0 Å². The summed E-state index contributed by atoms with van der Waals surface area (Å²) >= 11 is 0. The normalized spacial score (nSPS) is 13.1. The molecule has 0 N–H and O–H groups in total. The van der Waals surface area contributed by atoms with E-state index < -0.39 is 6.10 Å². The molecular formula is C47H90O6. The molecule has 0 bridgehead atoms. The van der Waals surface area contributed by atoms with Gasteiger partial charge in [-0.25, -0.2) is 0 Å². The van der Waals surface area contributed by atoms with Crippen LogP contribution < -0.4 is 0 Å². The number of ether oxygens (including phenoxy) is 3. The van der Waals surface area contributed by atoms with Gasteiger partial charge in [0.1, 0.15) is 13.2 Å². The highest BCUT2D eigenvalue weighted by Gasteiger charge is 2.19. The Balaban J connectivity index is 4.34. The molecule has 0 aliphatic carbocycles. The first-order valence-electron chi connectivity index (χ1n) is 23.3. The molecule has 0 heterocycles. The van der Waals surface area contributed by atoms with Crippen molar-refractivity contribution >= 4 is 17.9 Å². The van der Waals surface area contributed by atoms with E-state index in [1.54, 1.807) is 0 Å². The van der Waals surface area contributed by atoms with Gasteiger partial charge >= 0.3 is 17.9 Å². The second-order valence-corrected chi connectivity index (χ2v) is 16.5. The van der Waals surface area contributed by atoms with Gasteiger partial charge in [-0.2, -0.15) is 0 Å². The van der Waals surface area contributed by atoms with E-state index in [4.69, 9.17) is 14.2 Å². The predicted molar refractivity (Wildman–Crippen MR) is 224 cm³/mol. The molecule has 0 amide bonds. The van der Waals surface area contributed by atoms with Gasteiger partial charge in [0, 0.05) is 19.3 Å². The van der Waals surface area contributed by atoms with E-state index in [1.165, 1.54) is 141 Å². The Kier molecular flexibility index (Phi) is 38.9. The lowest BCUT2D eigenvalue weighted by Crippen LogP contribution is -2.30. The Hall–Kier alpha value is -1.59. The zero-order valence-corrected chi connectivity index (χ0v) is 36.1. The summed E-state index contributed by atoms with van der Waals surface area (Å²) in [6, 6.07) is 0. The minimum absolute atomic E-state index is 0.0652. The zero-order valence-electron chi connectivity index (χ0n) is 36.1. The summed E-state index contributed by atoms with van der Waals surface area (Å²) in [5.41, 5.74) is 0. The van der Waals surface area contributed by atoms with Crippen LogP contribution in [0.2, 0.25) is 0 Å². The number of unbranched alkanes of at least 4 members (excludes halogenated alkanes) is 24. The van der Waals surface area contributed by atoms with Gasteiger partial charge in [-0.05, 0) is 31.1 Å². The van der Waals surface area contributed by atoms with E-state index >= 15 is 0 Å². The summed E-state index contributed by atoms with van der Waals surface area (Å²) in [5, 5.41) is 0. The Morgan fingerprint density at radius 2 is 0.660 bits per heavy atom. The van der Waals surface area contributed by atoms with Crippen molar-refractivity contribution in [2.45, 2.75) is 259 Å². The standard InChI is InChI=1S/C47H90O6/c1-6-9-10-11-12-15-22-27-32-37-45(48)51-40-44(41-52-46(49)38-33-28-23-19-18-21-26-31-36-43(5)8-3)53-47(50)39-34-29-24-17-14-13-16-20-25-30-35-42(4)7-2/h42-44H,6-41H2,1-5H3/t42?,43?,44-/m0/s1. The zero-order chi connectivity index (χ0) is 39.0. The highest BCUT2D eigenvalue weighted by Crippen LogP contribution is 2.17. The summed E-state index contributed by atoms with van der Waals surface area (Å²) in [6.45, 7) is 11.4. The molecule has 0 aliphatic rings. The fraction of sp³-hybridized carbons (Fsp3) is 0.936. The first-order valence-corrected chi connectivity index (χ1v) is 23.3. The van der Waals surface area contributed by atoms with Crippen molar-refractivity contribution in [3.63, 3.8) is 0 Å². The Morgan fingerprint density at radius 1 is 0.377 bits per heavy atom. The van der Waals surface area contributed by atoms with Crippen molar-refractivity contribution in [1.29, 1.82) is 0 Å². The third-order valence-electron chi connectivity index (χ3n) is 11.2. The molecule has 0 rings (SSSR count). The van der Waals surface area contributed by atoms with Gasteiger partial charge in [0.05, 0.1) is 0 Å². The molecule has 0 aliphatic heterocycles. The summed E-state index contributed by atoms with van der Waals surface area (Å²) in [6.07, 6.45) is 37.9. The third-order valence-corrected chi connectivity index (χ3v) is 11.2. The Labute approximate surface area is 329 Å². The molecule has 0 aromatic heterocycles. The van der Waals surface area contributed by atoms with Gasteiger partial charge in [0.25, 0.3) is 0 Å². The van der Waals surface area contributed by atoms with Crippen LogP contribution >= 0.6 is 0 Å². The molecule has 0 radical (unpaired) electrons. The van der Waals surface area contributed by atoms with Crippen LogP contribution in [0, 0.1) is 11.8 Å². The van der Waals surface area contributed by atoms with E-state index in [-0.39, 0.29) is 31.1 Å². The second-order valence-electron chi connectivity index (χ2n) is 16.5. The van der Waals surface area contributed by atoms with Crippen LogP contribution in [0.1, 0.15) is 253 Å². The fourth-order valence-electron chi connectivity index (χ4n) is 6.86. The SMILES string of the molecule is CCCCCCCCCCCC(=O)OC[C@@H](COC(=O)CCCCCCCCCCC(C)CC)OC(=O)CCCCCCCCCCCCC(C)CC. The number of carbonyl (C=O) groups excluding carboxylic acids is 3. The maximum absolute atomic E-state index is 12.7. The van der Waals surface area contributed by atoms with Crippen LogP contribution in [0.5, 0.6) is 0 Å². The lowest BCUT2D eigenvalue weighted by Gasteiger charge is -2.18. The molecule has 6 heteroatoms. The summed E-state index contributed by atoms with van der Waals surface area (Å²) < 4.78 is 16.7. The van der Waals surface area contributed by atoms with Crippen molar-refractivity contribution in [2.24, 2.45) is 11.8 Å². The molecule has 3 atom stereocenters. The van der Waals surface area contributed by atoms with Gasteiger partial charge in [0.2, 0.25) is 0 Å². The van der Waals surface area contributed by atoms with Crippen LogP contribution in [0.25, 0.3) is 0 Å². The largest absolute Gasteiger partial charge is 0.462 e. The number of hydrogen-bond acceptors (Lipinski definition) is 6. The monoisotopic (exact) mass is 751 g/mol. The molecule has 0 spiro atoms. The molecule has 2 unspecified atom stereocenters. The molecule has 0 aromatic carbocycles. The van der Waals surface area contributed by atoms with Crippen molar-refractivity contribution in [3.8, 4) is 0 Å².